The summed E-state index contributed by atoms with van der Waals surface area (Å²) in [5, 5.41) is 0. The van der Waals surface area contributed by atoms with Gasteiger partial charge in [-0.05, 0) is 0 Å². The highest BCUT2D eigenvalue weighted by Gasteiger charge is 2.90. The van der Waals surface area contributed by atoms with Gasteiger partial charge < -0.3 is 0 Å². The number of hydrogen-bond donors (Lipinski definition) is 0. The van der Waals surface area contributed by atoms with Crippen LogP contribution < -0.4 is 0 Å². The summed E-state index contributed by atoms with van der Waals surface area (Å²) in [6, 6.07) is 0. The van der Waals surface area contributed by atoms with Crippen LogP contribution in [0.5, 0.6) is 0 Å². The van der Waals surface area contributed by atoms with Gasteiger partial charge in [0, 0.05) is 0 Å². The SMILES string of the molecule is FC(F)(F)C1=C(C2=C(C(F)(F)F)C(F)(F)C(F)(F)C2(F)F)C(F)(F)C(F)(F)C1(F)F. The molecule has 0 N–H and O–H groups in total. The highest BCUT2D eigenvalue weighted by atomic mass is 19.4. The molecule has 0 saturated heterocycles. The summed E-state index contributed by atoms with van der Waals surface area (Å²) >= 11 is 0. The molecule has 0 aromatic rings. The second-order valence-electron chi connectivity index (χ2n) is 5.94. The molecule has 0 unspecified atom stereocenters. The summed E-state index contributed by atoms with van der Waals surface area (Å²) in [5.74, 6) is -44.1. The topological polar surface area (TPSA) is 0 Å². The Bertz CT molecular complexity index is 758. The van der Waals surface area contributed by atoms with Gasteiger partial charge in [0.25, 0.3) is 0 Å². The zero-order chi connectivity index (χ0) is 24.3. The molecule has 0 bridgehead atoms. The second-order valence-corrected chi connectivity index (χ2v) is 5.94. The lowest BCUT2D eigenvalue weighted by Crippen LogP contribution is -2.52. The van der Waals surface area contributed by atoms with Crippen LogP contribution >= 0.6 is 0 Å². The fraction of sp³-hybridized carbons (Fsp3) is 0.667. The van der Waals surface area contributed by atoms with Crippen LogP contribution in [0.2, 0.25) is 0 Å². The quantitative estimate of drug-likeness (QED) is 0.370. The van der Waals surface area contributed by atoms with Crippen LogP contribution in [0.25, 0.3) is 0 Å². The zero-order valence-electron chi connectivity index (χ0n) is 12.8. The maximum Gasteiger partial charge on any atom is 0.419 e. The Kier molecular flexibility index (Phi) is 4.51. The first kappa shape index (κ1) is 24.5. The predicted octanol–water partition coefficient (Wildman–Crippen LogP) is 6.54. The lowest BCUT2D eigenvalue weighted by atomic mass is 9.92. The van der Waals surface area contributed by atoms with Gasteiger partial charge in [0.05, 0.1) is 11.1 Å². The van der Waals surface area contributed by atoms with Crippen molar-refractivity contribution in [2.24, 2.45) is 0 Å². The van der Waals surface area contributed by atoms with Crippen molar-refractivity contribution in [1.29, 1.82) is 0 Å². The van der Waals surface area contributed by atoms with Gasteiger partial charge in [0.2, 0.25) is 0 Å². The first-order valence-corrected chi connectivity index (χ1v) is 6.65. The first-order chi connectivity index (χ1) is 12.7. The van der Waals surface area contributed by atoms with E-state index in [4.69, 9.17) is 0 Å². The number of rotatable bonds is 1. The summed E-state index contributed by atoms with van der Waals surface area (Å²) in [7, 11) is 0. The number of hydrogen-bond acceptors (Lipinski definition) is 0. The predicted molar refractivity (Wildman–Crippen MR) is 55.8 cm³/mol. The molecule has 0 aromatic heterocycles. The summed E-state index contributed by atoms with van der Waals surface area (Å²) in [6.45, 7) is 0. The number of halogens is 18. The van der Waals surface area contributed by atoms with E-state index < -0.39 is 70.2 Å². The molecule has 2 rings (SSSR count). The van der Waals surface area contributed by atoms with E-state index in [1.807, 2.05) is 0 Å². The van der Waals surface area contributed by atoms with Gasteiger partial charge in [-0.2, -0.15) is 79.0 Å². The van der Waals surface area contributed by atoms with E-state index in [0.717, 1.165) is 0 Å². The van der Waals surface area contributed by atoms with Gasteiger partial charge in [-0.25, -0.2) is 0 Å². The highest BCUT2D eigenvalue weighted by molar-refractivity contribution is 5.62. The number of allylic oxidation sites excluding steroid dienone is 4. The third-order valence-corrected chi connectivity index (χ3v) is 4.15. The Labute approximate surface area is 150 Å². The minimum Gasteiger partial charge on any atom is -0.194 e. The molecule has 0 spiro atoms. The van der Waals surface area contributed by atoms with E-state index in [9.17, 15) is 79.0 Å². The first-order valence-electron chi connectivity index (χ1n) is 6.65. The van der Waals surface area contributed by atoms with Gasteiger partial charge in [-0.3, -0.25) is 0 Å². The average molecular weight is 486 g/mol. The largest absolute Gasteiger partial charge is 0.419 e. The van der Waals surface area contributed by atoms with Crippen molar-refractivity contribution in [3.05, 3.63) is 22.3 Å². The zero-order valence-corrected chi connectivity index (χ0v) is 12.8. The van der Waals surface area contributed by atoms with Crippen LogP contribution in [-0.4, -0.2) is 47.9 Å². The molecule has 0 nitrogen and oxygen atoms in total. The second kappa shape index (κ2) is 5.52. The lowest BCUT2D eigenvalue weighted by molar-refractivity contribution is -0.278. The fourth-order valence-corrected chi connectivity index (χ4v) is 2.85. The standard InChI is InChI=1S/C12F18/c13-5(14)1(3(9(21,22)23)7(17,18)11(5,27)28)2-4(10(24,25)26)8(19,20)12(29,30)6(2,15)16. The van der Waals surface area contributed by atoms with E-state index >= 15 is 0 Å². The maximum absolute atomic E-state index is 13.7. The van der Waals surface area contributed by atoms with Gasteiger partial charge in [0.1, 0.15) is 11.1 Å². The van der Waals surface area contributed by atoms with Gasteiger partial charge in [-0.15, -0.1) is 0 Å². The smallest absolute Gasteiger partial charge is 0.194 e. The molecule has 0 saturated carbocycles. The van der Waals surface area contributed by atoms with Crippen molar-refractivity contribution in [3.8, 4) is 0 Å². The van der Waals surface area contributed by atoms with E-state index in [1.54, 1.807) is 0 Å². The van der Waals surface area contributed by atoms with Crippen LogP contribution in [0.1, 0.15) is 0 Å². The molecule has 18 heteroatoms. The van der Waals surface area contributed by atoms with Crippen LogP contribution in [0.4, 0.5) is 79.0 Å². The van der Waals surface area contributed by atoms with E-state index in [1.165, 1.54) is 0 Å². The van der Waals surface area contributed by atoms with Crippen LogP contribution in [0.3, 0.4) is 0 Å². The van der Waals surface area contributed by atoms with Gasteiger partial charge in [0.15, 0.2) is 0 Å². The summed E-state index contributed by atoms with van der Waals surface area (Å²) in [6.07, 6.45) is -14.5. The molecular formula is C12F18. The van der Waals surface area contributed by atoms with Crippen molar-refractivity contribution >= 4 is 0 Å². The lowest BCUT2D eigenvalue weighted by Gasteiger charge is -2.28. The molecule has 0 atom stereocenters. The Balaban J connectivity index is 3.24. The van der Waals surface area contributed by atoms with Gasteiger partial charge in [-0.1, -0.05) is 0 Å². The summed E-state index contributed by atoms with van der Waals surface area (Å²) in [5.41, 5.74) is -19.0. The Morgan fingerprint density at radius 3 is 0.733 bits per heavy atom. The molecule has 2 aliphatic carbocycles. The Morgan fingerprint density at radius 2 is 0.567 bits per heavy atom. The average Bonchev–Trinajstić information content (AvgIpc) is 2.63. The fourth-order valence-electron chi connectivity index (χ4n) is 2.85. The Morgan fingerprint density at radius 1 is 0.367 bits per heavy atom. The van der Waals surface area contributed by atoms with E-state index in [-0.39, 0.29) is 0 Å². The van der Waals surface area contributed by atoms with Crippen LogP contribution in [0, 0.1) is 0 Å². The van der Waals surface area contributed by atoms with Crippen molar-refractivity contribution in [2.75, 3.05) is 0 Å². The summed E-state index contributed by atoms with van der Waals surface area (Å²) in [4.78, 5) is 0. The molecule has 0 heterocycles. The number of alkyl halides is 18. The van der Waals surface area contributed by atoms with Gasteiger partial charge >= 0.3 is 47.9 Å². The van der Waals surface area contributed by atoms with Crippen molar-refractivity contribution < 1.29 is 79.0 Å². The summed E-state index contributed by atoms with van der Waals surface area (Å²) < 4.78 is 238. The highest BCUT2D eigenvalue weighted by Crippen LogP contribution is 2.71. The molecule has 0 aromatic carbocycles. The maximum atomic E-state index is 13.7. The van der Waals surface area contributed by atoms with Crippen molar-refractivity contribution in [3.63, 3.8) is 0 Å². The van der Waals surface area contributed by atoms with Crippen molar-refractivity contribution in [2.45, 2.75) is 47.9 Å². The minimum absolute atomic E-state index is 4.71. The molecule has 174 valence electrons. The molecule has 0 amide bonds. The molecule has 0 aliphatic heterocycles. The Hall–Kier alpha value is -1.78. The monoisotopic (exact) mass is 486 g/mol. The molecule has 30 heavy (non-hydrogen) atoms. The third-order valence-electron chi connectivity index (χ3n) is 4.15. The molecule has 2 aliphatic rings. The van der Waals surface area contributed by atoms with E-state index in [2.05, 4.69) is 0 Å². The van der Waals surface area contributed by atoms with Crippen molar-refractivity contribution in [1.82, 2.24) is 0 Å². The van der Waals surface area contributed by atoms with Crippen LogP contribution in [0.15, 0.2) is 22.3 Å². The molecule has 0 fully saturated rings. The third kappa shape index (κ3) is 2.47. The van der Waals surface area contributed by atoms with Crippen LogP contribution in [-0.2, 0) is 0 Å². The molecule has 0 radical (unpaired) electrons. The normalized spacial score (nSPS) is 29.0. The molecular weight excluding hydrogens is 486 g/mol. The van der Waals surface area contributed by atoms with E-state index in [0.29, 0.717) is 0 Å². The minimum atomic E-state index is -7.41.